The lowest BCUT2D eigenvalue weighted by molar-refractivity contribution is 0.590. The molecule has 0 atom stereocenters. The second kappa shape index (κ2) is 6.80. The van der Waals surface area contributed by atoms with Gasteiger partial charge in [0.2, 0.25) is 0 Å². The number of hydrogen-bond donors (Lipinski definition) is 0. The van der Waals surface area contributed by atoms with Crippen molar-refractivity contribution in [1.29, 1.82) is 0 Å². The van der Waals surface area contributed by atoms with Crippen molar-refractivity contribution in [2.45, 2.75) is 46.5 Å². The molecule has 1 rings (SSSR count). The zero-order valence-corrected chi connectivity index (χ0v) is 14.5. The molecule has 0 spiro atoms. The minimum absolute atomic E-state index is 0.180. The molecule has 1 nitrogen and oxygen atoms in total. The summed E-state index contributed by atoms with van der Waals surface area (Å²) in [5, 5.41) is 0. The second-order valence-corrected chi connectivity index (χ2v) is 6.55. The Kier molecular flexibility index (Phi) is 5.60. The van der Waals surface area contributed by atoms with E-state index in [1.807, 2.05) is 6.08 Å². The first-order valence-corrected chi connectivity index (χ1v) is 7.58. The van der Waals surface area contributed by atoms with Gasteiger partial charge in [0.15, 0.2) is 0 Å². The Morgan fingerprint density at radius 1 is 1.19 bits per heavy atom. The van der Waals surface area contributed by atoms with Crippen molar-refractivity contribution < 1.29 is 0 Å². The van der Waals surface area contributed by atoms with Crippen molar-refractivity contribution in [2.24, 2.45) is 0 Å². The molecule has 0 saturated carbocycles. The van der Waals surface area contributed by atoms with Crippen LogP contribution in [-0.4, -0.2) is 7.05 Å². The van der Waals surface area contributed by atoms with Gasteiger partial charge in [-0.1, -0.05) is 64.6 Å². The molecule has 21 heavy (non-hydrogen) atoms. The molecule has 0 amide bonds. The fourth-order valence-corrected chi connectivity index (χ4v) is 2.25. The molecule has 0 N–H and O–H groups in total. The average Bonchev–Trinajstić information content (AvgIpc) is 2.46. The van der Waals surface area contributed by atoms with E-state index in [9.17, 15) is 0 Å². The number of hydrogen-bond acceptors (Lipinski definition) is 1. The van der Waals surface area contributed by atoms with Crippen LogP contribution >= 0.6 is 0 Å². The summed E-state index contributed by atoms with van der Waals surface area (Å²) in [5.41, 5.74) is 6.12. The summed E-state index contributed by atoms with van der Waals surface area (Å²) in [5.74, 6) is 0. The first-order chi connectivity index (χ1) is 9.72. The van der Waals surface area contributed by atoms with Crippen LogP contribution in [0.3, 0.4) is 0 Å². The fraction of sp³-hybridized carbons (Fsp3) is 0.400. The van der Waals surface area contributed by atoms with Gasteiger partial charge >= 0.3 is 0 Å². The maximum Gasteiger partial charge on any atom is 0.0408 e. The lowest BCUT2D eigenvalue weighted by Gasteiger charge is -2.25. The molecule has 0 aromatic heterocycles. The third-order valence-electron chi connectivity index (χ3n) is 4.03. The van der Waals surface area contributed by atoms with Crippen molar-refractivity contribution >= 4 is 5.69 Å². The van der Waals surface area contributed by atoms with E-state index >= 15 is 0 Å². The van der Waals surface area contributed by atoms with Crippen molar-refractivity contribution in [1.82, 2.24) is 0 Å². The summed E-state index contributed by atoms with van der Waals surface area (Å²) < 4.78 is 0. The third-order valence-corrected chi connectivity index (χ3v) is 4.03. The normalized spacial score (nSPS) is 12.7. The summed E-state index contributed by atoms with van der Waals surface area (Å²) in [4.78, 5) is 2.13. The number of rotatable bonds is 5. The predicted octanol–water partition coefficient (Wildman–Crippen LogP) is 5.85. The molecule has 1 aromatic carbocycles. The van der Waals surface area contributed by atoms with E-state index in [-0.39, 0.29) is 5.41 Å². The van der Waals surface area contributed by atoms with Gasteiger partial charge < -0.3 is 4.90 Å². The quantitative estimate of drug-likeness (QED) is 0.613. The Hall–Kier alpha value is -1.76. The molecule has 1 heteroatoms. The molecule has 0 bridgehead atoms. The summed E-state index contributed by atoms with van der Waals surface area (Å²) in [7, 11) is 2.06. The molecule has 1 aromatic rings. The van der Waals surface area contributed by atoms with Crippen LogP contribution in [0.2, 0.25) is 0 Å². The SMILES string of the molecule is C=C/C(C(=C)N(C)c1ccc(C(C)(C)C)cc1)=C(/C)CC. The molecule has 0 aliphatic carbocycles. The molecule has 0 aliphatic heterocycles. The number of nitrogens with zero attached hydrogens (tertiary/aromatic N) is 1. The zero-order chi connectivity index (χ0) is 16.2. The van der Waals surface area contributed by atoms with Gasteiger partial charge in [-0.2, -0.15) is 0 Å². The van der Waals surface area contributed by atoms with Crippen LogP contribution in [0.25, 0.3) is 0 Å². The van der Waals surface area contributed by atoms with Crippen LogP contribution in [-0.2, 0) is 5.41 Å². The molecular weight excluding hydrogens is 254 g/mol. The Balaban J connectivity index is 3.06. The van der Waals surface area contributed by atoms with Gasteiger partial charge in [0.05, 0.1) is 0 Å². The lowest BCUT2D eigenvalue weighted by atomic mass is 9.87. The smallest absolute Gasteiger partial charge is 0.0408 e. The number of likely N-dealkylation sites (N-methyl/N-ethyl adjacent to an activating group) is 1. The third kappa shape index (κ3) is 4.10. The summed E-state index contributed by atoms with van der Waals surface area (Å²) in [6.07, 6.45) is 2.92. The number of allylic oxidation sites excluding steroid dienone is 2. The van der Waals surface area contributed by atoms with Gasteiger partial charge in [-0.15, -0.1) is 0 Å². The van der Waals surface area contributed by atoms with E-state index in [0.29, 0.717) is 0 Å². The summed E-state index contributed by atoms with van der Waals surface area (Å²) in [6.45, 7) is 19.2. The van der Waals surface area contributed by atoms with Crippen molar-refractivity contribution in [3.63, 3.8) is 0 Å². The molecule has 0 radical (unpaired) electrons. The molecule has 114 valence electrons. The summed E-state index contributed by atoms with van der Waals surface area (Å²) in [6, 6.07) is 8.72. The molecular formula is C20H29N. The minimum Gasteiger partial charge on any atom is -0.345 e. The average molecular weight is 283 g/mol. The van der Waals surface area contributed by atoms with Crippen LogP contribution in [0.4, 0.5) is 5.69 Å². The molecule has 0 aliphatic rings. The minimum atomic E-state index is 0.180. The standard InChI is InChI=1S/C20H29N/c1-9-15(3)19(10-2)16(4)21(8)18-13-11-17(12-14-18)20(5,6)7/h10-14H,2,4,9H2,1,3,5-8H3/b19-15+. The monoisotopic (exact) mass is 283 g/mol. The van der Waals surface area contributed by atoms with E-state index < -0.39 is 0 Å². The Morgan fingerprint density at radius 3 is 2.10 bits per heavy atom. The highest BCUT2D eigenvalue weighted by Gasteiger charge is 2.14. The van der Waals surface area contributed by atoms with Gasteiger partial charge in [-0.3, -0.25) is 0 Å². The highest BCUT2D eigenvalue weighted by atomic mass is 15.1. The number of anilines is 1. The topological polar surface area (TPSA) is 3.24 Å². The zero-order valence-electron chi connectivity index (χ0n) is 14.5. The van der Waals surface area contributed by atoms with Crippen molar-refractivity contribution in [3.05, 3.63) is 65.9 Å². The van der Waals surface area contributed by atoms with Crippen molar-refractivity contribution in [3.8, 4) is 0 Å². The first-order valence-electron chi connectivity index (χ1n) is 7.58. The highest BCUT2D eigenvalue weighted by molar-refractivity contribution is 5.58. The van der Waals surface area contributed by atoms with Crippen LogP contribution in [0.5, 0.6) is 0 Å². The van der Waals surface area contributed by atoms with Gasteiger partial charge in [-0.25, -0.2) is 0 Å². The Labute approximate surface area is 130 Å². The van der Waals surface area contributed by atoms with Gasteiger partial charge in [0, 0.05) is 18.4 Å². The predicted molar refractivity (Wildman–Crippen MR) is 95.9 cm³/mol. The summed E-state index contributed by atoms with van der Waals surface area (Å²) >= 11 is 0. The first kappa shape index (κ1) is 17.3. The molecule has 0 unspecified atom stereocenters. The largest absolute Gasteiger partial charge is 0.345 e. The van der Waals surface area contributed by atoms with E-state index in [1.165, 1.54) is 11.1 Å². The van der Waals surface area contributed by atoms with Gasteiger partial charge in [0.25, 0.3) is 0 Å². The van der Waals surface area contributed by atoms with E-state index in [2.05, 4.69) is 84.0 Å². The highest BCUT2D eigenvalue weighted by Crippen LogP contribution is 2.28. The van der Waals surface area contributed by atoms with Crippen LogP contribution in [0.1, 0.15) is 46.6 Å². The maximum absolute atomic E-state index is 4.24. The van der Waals surface area contributed by atoms with Crippen LogP contribution < -0.4 is 4.90 Å². The Bertz CT molecular complexity index is 538. The van der Waals surface area contributed by atoms with Crippen LogP contribution in [0, 0.1) is 0 Å². The van der Waals surface area contributed by atoms with Crippen LogP contribution in [0.15, 0.2) is 60.3 Å². The molecule has 0 fully saturated rings. The second-order valence-electron chi connectivity index (χ2n) is 6.55. The molecule has 0 heterocycles. The van der Waals surface area contributed by atoms with Gasteiger partial charge in [0.1, 0.15) is 0 Å². The van der Waals surface area contributed by atoms with E-state index in [0.717, 1.165) is 23.4 Å². The Morgan fingerprint density at radius 2 is 1.71 bits per heavy atom. The maximum atomic E-state index is 4.24. The van der Waals surface area contributed by atoms with E-state index in [1.54, 1.807) is 0 Å². The fourth-order valence-electron chi connectivity index (χ4n) is 2.25. The van der Waals surface area contributed by atoms with E-state index in [4.69, 9.17) is 0 Å². The lowest BCUT2D eigenvalue weighted by Crippen LogP contribution is -2.18. The van der Waals surface area contributed by atoms with Crippen molar-refractivity contribution in [2.75, 3.05) is 11.9 Å². The number of benzene rings is 1. The van der Waals surface area contributed by atoms with Gasteiger partial charge in [-0.05, 0) is 42.0 Å². The molecule has 0 saturated heterocycles.